The van der Waals surface area contributed by atoms with E-state index in [0.717, 1.165) is 6.20 Å². The predicted molar refractivity (Wildman–Crippen MR) is 95.6 cm³/mol. The minimum atomic E-state index is -4.73. The van der Waals surface area contributed by atoms with Gasteiger partial charge in [0.1, 0.15) is 6.33 Å². The van der Waals surface area contributed by atoms with Gasteiger partial charge in [-0.25, -0.2) is 22.9 Å². The van der Waals surface area contributed by atoms with Gasteiger partial charge in [-0.3, -0.25) is 0 Å². The van der Waals surface area contributed by atoms with E-state index in [2.05, 4.69) is 15.1 Å². The molecule has 0 aliphatic carbocycles. The van der Waals surface area contributed by atoms with Gasteiger partial charge in [0.25, 0.3) is 10.0 Å². The standard InChI is InChI=1S/C15H16ClN5O2S2/c1-10-17-7-15(24-10)25(22,23)20-4-2-11(3-5-20)12-8-21-14(6-13(12)16)18-9-19-21/h6-9,11H,2-5H2,1H3/i1D3,4D2,5D2. The highest BCUT2D eigenvalue weighted by Crippen LogP contribution is 2.35. The summed E-state index contributed by atoms with van der Waals surface area (Å²) in [6, 6.07) is 1.52. The molecule has 3 aromatic rings. The Morgan fingerprint density at radius 2 is 2.20 bits per heavy atom. The summed E-state index contributed by atoms with van der Waals surface area (Å²) in [7, 11) is -4.73. The average molecular weight is 405 g/mol. The van der Waals surface area contributed by atoms with Gasteiger partial charge in [0.05, 0.1) is 11.2 Å². The Balaban J connectivity index is 1.73. The maximum Gasteiger partial charge on any atom is 0.254 e. The molecule has 1 aliphatic heterocycles. The molecule has 0 radical (unpaired) electrons. The molecule has 4 rings (SSSR count). The number of aromatic nitrogens is 4. The Hall–Kier alpha value is -1.55. The normalized spacial score (nSPS) is 26.0. The molecule has 1 aliphatic rings. The zero-order chi connectivity index (χ0) is 23.7. The number of nitrogens with zero attached hydrogens (tertiary/aromatic N) is 5. The van der Waals surface area contributed by atoms with Gasteiger partial charge in [0.2, 0.25) is 0 Å². The van der Waals surface area contributed by atoms with Crippen LogP contribution in [0.4, 0.5) is 0 Å². The summed E-state index contributed by atoms with van der Waals surface area (Å²) >= 11 is 6.70. The number of hydrogen-bond acceptors (Lipinski definition) is 6. The smallest absolute Gasteiger partial charge is 0.249 e. The van der Waals surface area contributed by atoms with E-state index in [4.69, 9.17) is 21.2 Å². The number of rotatable bonds is 3. The highest BCUT2D eigenvalue weighted by molar-refractivity contribution is 7.91. The van der Waals surface area contributed by atoms with Gasteiger partial charge in [-0.05, 0) is 31.2 Å². The Labute approximate surface area is 164 Å². The van der Waals surface area contributed by atoms with Crippen molar-refractivity contribution >= 4 is 38.6 Å². The van der Waals surface area contributed by atoms with Crippen molar-refractivity contribution in [2.24, 2.45) is 0 Å². The molecular weight excluding hydrogens is 382 g/mol. The second-order valence-electron chi connectivity index (χ2n) is 5.31. The molecule has 10 heteroatoms. The third-order valence-corrected chi connectivity index (χ3v) is 6.94. The molecule has 4 heterocycles. The average Bonchev–Trinajstić information content (AvgIpc) is 3.27. The second-order valence-corrected chi connectivity index (χ2v) is 8.77. The second kappa shape index (κ2) is 6.31. The molecule has 3 aromatic heterocycles. The first-order valence-electron chi connectivity index (χ1n) is 10.6. The fraction of sp³-hybridized carbons (Fsp3) is 0.400. The van der Waals surface area contributed by atoms with E-state index in [9.17, 15) is 8.42 Å². The Kier molecular flexibility index (Phi) is 2.67. The number of sulfonamides is 1. The molecule has 0 unspecified atom stereocenters. The van der Waals surface area contributed by atoms with Gasteiger partial charge < -0.3 is 0 Å². The highest BCUT2D eigenvalue weighted by Gasteiger charge is 2.32. The molecule has 0 N–H and O–H groups in total. The molecule has 25 heavy (non-hydrogen) atoms. The lowest BCUT2D eigenvalue weighted by Crippen LogP contribution is -2.37. The molecule has 1 saturated heterocycles. The third-order valence-electron chi connectivity index (χ3n) is 3.78. The summed E-state index contributed by atoms with van der Waals surface area (Å²) in [4.78, 5) is 7.62. The summed E-state index contributed by atoms with van der Waals surface area (Å²) in [5.41, 5.74) is 0.872. The van der Waals surface area contributed by atoms with Crippen molar-refractivity contribution in [1.29, 1.82) is 0 Å². The molecule has 132 valence electrons. The minimum Gasteiger partial charge on any atom is -0.249 e. The van der Waals surface area contributed by atoms with E-state index in [1.54, 1.807) is 0 Å². The van der Waals surface area contributed by atoms with Crippen LogP contribution in [0.3, 0.4) is 0 Å². The highest BCUT2D eigenvalue weighted by atomic mass is 35.5. The van der Waals surface area contributed by atoms with Crippen molar-refractivity contribution < 1.29 is 18.0 Å². The molecule has 0 atom stereocenters. The van der Waals surface area contributed by atoms with E-state index < -0.39 is 45.0 Å². The van der Waals surface area contributed by atoms with Gasteiger partial charge >= 0.3 is 0 Å². The van der Waals surface area contributed by atoms with Crippen LogP contribution in [0.15, 0.2) is 29.0 Å². The van der Waals surface area contributed by atoms with Crippen LogP contribution < -0.4 is 0 Å². The van der Waals surface area contributed by atoms with Crippen LogP contribution in [0, 0.1) is 6.85 Å². The Morgan fingerprint density at radius 3 is 2.92 bits per heavy atom. The van der Waals surface area contributed by atoms with Crippen LogP contribution >= 0.6 is 22.9 Å². The number of hydrogen-bond donors (Lipinski definition) is 0. The number of piperidine rings is 1. The van der Waals surface area contributed by atoms with Gasteiger partial charge in [-0.1, -0.05) is 11.6 Å². The molecule has 0 bridgehead atoms. The van der Waals surface area contributed by atoms with Crippen LogP contribution in [0.2, 0.25) is 5.02 Å². The van der Waals surface area contributed by atoms with Gasteiger partial charge in [0, 0.05) is 39.9 Å². The van der Waals surface area contributed by atoms with E-state index in [0.29, 0.717) is 22.5 Å². The van der Waals surface area contributed by atoms with E-state index in [1.807, 2.05) is 0 Å². The fourth-order valence-corrected chi connectivity index (χ4v) is 4.96. The molecule has 0 aromatic carbocycles. The van der Waals surface area contributed by atoms with Crippen molar-refractivity contribution in [3.63, 3.8) is 0 Å². The number of fused-ring (bicyclic) bond motifs is 1. The molecule has 0 spiro atoms. The van der Waals surface area contributed by atoms with Crippen molar-refractivity contribution in [2.45, 2.75) is 29.8 Å². The summed E-state index contributed by atoms with van der Waals surface area (Å²) < 4.78 is 83.3. The third kappa shape index (κ3) is 3.05. The zero-order valence-corrected chi connectivity index (χ0v) is 14.9. The first-order chi connectivity index (χ1) is 14.6. The lowest BCUT2D eigenvalue weighted by atomic mass is 9.91. The van der Waals surface area contributed by atoms with Crippen LogP contribution in [-0.4, -0.2) is 45.3 Å². The number of thiazole rings is 1. The van der Waals surface area contributed by atoms with Crippen LogP contribution in [0.5, 0.6) is 0 Å². The zero-order valence-electron chi connectivity index (χ0n) is 19.5. The van der Waals surface area contributed by atoms with Crippen LogP contribution in [-0.2, 0) is 10.0 Å². The molecule has 1 fully saturated rings. The Bertz CT molecular complexity index is 1270. The Morgan fingerprint density at radius 1 is 1.40 bits per heavy atom. The monoisotopic (exact) mass is 404 g/mol. The van der Waals surface area contributed by atoms with Crippen molar-refractivity contribution in [3.05, 3.63) is 40.4 Å². The lowest BCUT2D eigenvalue weighted by Gasteiger charge is -2.31. The van der Waals surface area contributed by atoms with Gasteiger partial charge in [0.15, 0.2) is 9.86 Å². The lowest BCUT2D eigenvalue weighted by molar-refractivity contribution is 0.319. The summed E-state index contributed by atoms with van der Waals surface area (Å²) in [5.74, 6) is -0.757. The summed E-state index contributed by atoms with van der Waals surface area (Å²) in [6.07, 6.45) is 2.89. The van der Waals surface area contributed by atoms with Crippen molar-refractivity contribution in [1.82, 2.24) is 23.9 Å². The quantitative estimate of drug-likeness (QED) is 0.670. The maximum absolute atomic E-state index is 13.2. The number of halogens is 1. The first kappa shape index (κ1) is 10.6. The number of pyridine rings is 1. The van der Waals surface area contributed by atoms with Gasteiger partial charge in [-0.15, -0.1) is 11.3 Å². The first-order valence-corrected chi connectivity index (χ1v) is 9.77. The van der Waals surface area contributed by atoms with Crippen molar-refractivity contribution in [3.8, 4) is 0 Å². The van der Waals surface area contributed by atoms with E-state index in [-0.39, 0.29) is 22.2 Å². The van der Waals surface area contributed by atoms with Gasteiger partial charge in [-0.2, -0.15) is 9.40 Å². The van der Waals surface area contributed by atoms with E-state index >= 15 is 0 Å². The maximum atomic E-state index is 13.2. The van der Waals surface area contributed by atoms with Crippen molar-refractivity contribution in [2.75, 3.05) is 13.0 Å². The van der Waals surface area contributed by atoms with Crippen LogP contribution in [0.25, 0.3) is 5.65 Å². The predicted octanol–water partition coefficient (Wildman–Crippen LogP) is 2.72. The summed E-state index contributed by atoms with van der Waals surface area (Å²) in [5, 5.41) is 3.81. The fourth-order valence-electron chi connectivity index (χ4n) is 2.52. The minimum absolute atomic E-state index is 0.169. The van der Waals surface area contributed by atoms with Crippen LogP contribution in [0.1, 0.15) is 38.9 Å². The SMILES string of the molecule is [2H]C([2H])([2H])c1ncc(S(=O)(=O)N2C([2H])([2H])CC(c3cn4ncnc4cc3Cl)CC2([2H])[2H])s1. The molecule has 0 amide bonds. The molecular formula is C15H16ClN5O2S2. The molecule has 0 saturated carbocycles. The summed E-state index contributed by atoms with van der Waals surface area (Å²) in [6.45, 7) is -7.92. The van der Waals surface area contributed by atoms with E-state index in [1.165, 1.54) is 23.1 Å². The molecule has 7 nitrogen and oxygen atoms in total. The largest absolute Gasteiger partial charge is 0.254 e. The number of aryl methyl sites for hydroxylation is 1. The topological polar surface area (TPSA) is 80.5 Å².